The maximum absolute atomic E-state index is 5.10. The number of nitrogens with zero attached hydrogens (tertiary/aromatic N) is 2. The van der Waals surface area contributed by atoms with Crippen molar-refractivity contribution in [1.29, 1.82) is 0 Å². The lowest BCUT2D eigenvalue weighted by molar-refractivity contribution is 0.396. The van der Waals surface area contributed by atoms with Gasteiger partial charge in [-0.1, -0.05) is 0 Å². The molecule has 1 aromatic heterocycles. The zero-order valence-electron chi connectivity index (χ0n) is 9.79. The lowest BCUT2D eigenvalue weighted by Crippen LogP contribution is -2.18. The van der Waals surface area contributed by atoms with Crippen molar-refractivity contribution < 1.29 is 4.74 Å². The number of methoxy groups -OCH3 is 1. The Morgan fingerprint density at radius 2 is 2.44 bits per heavy atom. The number of aryl methyl sites for hydroxylation is 1. The Labute approximate surface area is 95.6 Å². The topological polar surface area (TPSA) is 59.1 Å². The highest BCUT2D eigenvalue weighted by atomic mass is 16.5. The van der Waals surface area contributed by atoms with Crippen molar-refractivity contribution in [2.24, 2.45) is 5.92 Å². The maximum Gasteiger partial charge on any atom is 0.218 e. The SMILES string of the molecule is COc1cc(NCC2CCNC2)nc(C)n1. The smallest absolute Gasteiger partial charge is 0.218 e. The Morgan fingerprint density at radius 3 is 3.12 bits per heavy atom. The molecule has 1 aliphatic rings. The molecule has 5 heteroatoms. The van der Waals surface area contributed by atoms with Crippen LogP contribution in [0.15, 0.2) is 6.07 Å². The van der Waals surface area contributed by atoms with E-state index < -0.39 is 0 Å². The summed E-state index contributed by atoms with van der Waals surface area (Å²) in [7, 11) is 1.62. The number of aromatic nitrogens is 2. The van der Waals surface area contributed by atoms with Crippen LogP contribution in [0.4, 0.5) is 5.82 Å². The summed E-state index contributed by atoms with van der Waals surface area (Å²) in [6.45, 7) is 5.03. The molecule has 0 spiro atoms. The van der Waals surface area contributed by atoms with Crippen LogP contribution in [-0.2, 0) is 0 Å². The Balaban J connectivity index is 1.94. The second-order valence-electron chi connectivity index (χ2n) is 4.08. The number of nitrogens with one attached hydrogen (secondary N) is 2. The van der Waals surface area contributed by atoms with E-state index in [-0.39, 0.29) is 0 Å². The van der Waals surface area contributed by atoms with Gasteiger partial charge in [0.25, 0.3) is 0 Å². The van der Waals surface area contributed by atoms with Gasteiger partial charge in [0.1, 0.15) is 11.6 Å². The van der Waals surface area contributed by atoms with E-state index >= 15 is 0 Å². The summed E-state index contributed by atoms with van der Waals surface area (Å²) >= 11 is 0. The van der Waals surface area contributed by atoms with E-state index in [9.17, 15) is 0 Å². The number of hydrogen-bond donors (Lipinski definition) is 2. The van der Waals surface area contributed by atoms with Crippen LogP contribution in [0.5, 0.6) is 5.88 Å². The highest BCUT2D eigenvalue weighted by Crippen LogP contribution is 2.14. The van der Waals surface area contributed by atoms with Gasteiger partial charge in [-0.15, -0.1) is 0 Å². The lowest BCUT2D eigenvalue weighted by atomic mass is 10.1. The molecule has 1 aromatic rings. The van der Waals surface area contributed by atoms with E-state index in [0.717, 1.165) is 31.3 Å². The van der Waals surface area contributed by atoms with Crippen LogP contribution in [-0.4, -0.2) is 36.7 Å². The molecule has 1 aliphatic heterocycles. The van der Waals surface area contributed by atoms with E-state index in [4.69, 9.17) is 4.74 Å². The first kappa shape index (κ1) is 11.1. The third-order valence-corrected chi connectivity index (χ3v) is 2.76. The van der Waals surface area contributed by atoms with Gasteiger partial charge in [-0.05, 0) is 32.4 Å². The van der Waals surface area contributed by atoms with E-state index in [1.165, 1.54) is 6.42 Å². The fourth-order valence-electron chi connectivity index (χ4n) is 1.87. The van der Waals surface area contributed by atoms with Gasteiger partial charge in [0.15, 0.2) is 0 Å². The molecular formula is C11H18N4O. The first-order valence-electron chi connectivity index (χ1n) is 5.62. The Bertz CT molecular complexity index is 350. The summed E-state index contributed by atoms with van der Waals surface area (Å²) in [6.07, 6.45) is 1.23. The average Bonchev–Trinajstić information content (AvgIpc) is 2.78. The fourth-order valence-corrected chi connectivity index (χ4v) is 1.87. The molecule has 1 fully saturated rings. The number of ether oxygens (including phenoxy) is 1. The van der Waals surface area contributed by atoms with Gasteiger partial charge in [0.05, 0.1) is 7.11 Å². The second kappa shape index (κ2) is 5.12. The number of hydrogen-bond acceptors (Lipinski definition) is 5. The van der Waals surface area contributed by atoms with Crippen molar-refractivity contribution in [3.63, 3.8) is 0 Å². The van der Waals surface area contributed by atoms with Crippen LogP contribution in [0.1, 0.15) is 12.2 Å². The number of rotatable bonds is 4. The zero-order chi connectivity index (χ0) is 11.4. The standard InChI is InChI=1S/C11H18N4O/c1-8-14-10(5-11(15-8)16-2)13-7-9-3-4-12-6-9/h5,9,12H,3-4,6-7H2,1-2H3,(H,13,14,15). The third kappa shape index (κ3) is 2.82. The molecule has 5 nitrogen and oxygen atoms in total. The second-order valence-corrected chi connectivity index (χ2v) is 4.08. The summed E-state index contributed by atoms with van der Waals surface area (Å²) in [4.78, 5) is 8.47. The van der Waals surface area contributed by atoms with Gasteiger partial charge in [0, 0.05) is 12.6 Å². The molecule has 16 heavy (non-hydrogen) atoms. The molecular weight excluding hydrogens is 204 g/mol. The largest absolute Gasteiger partial charge is 0.481 e. The molecule has 1 saturated heterocycles. The average molecular weight is 222 g/mol. The quantitative estimate of drug-likeness (QED) is 0.789. The first-order chi connectivity index (χ1) is 7.78. The summed E-state index contributed by atoms with van der Waals surface area (Å²) in [5, 5.41) is 6.68. The molecule has 2 rings (SSSR count). The molecule has 0 saturated carbocycles. The Morgan fingerprint density at radius 1 is 1.56 bits per heavy atom. The van der Waals surface area contributed by atoms with Crippen LogP contribution in [0.2, 0.25) is 0 Å². The predicted molar refractivity (Wildman–Crippen MR) is 62.8 cm³/mol. The minimum atomic E-state index is 0.611. The van der Waals surface area contributed by atoms with Gasteiger partial charge in [-0.2, -0.15) is 4.98 Å². The molecule has 0 aromatic carbocycles. The number of anilines is 1. The molecule has 88 valence electrons. The van der Waals surface area contributed by atoms with Gasteiger partial charge in [-0.3, -0.25) is 0 Å². The fraction of sp³-hybridized carbons (Fsp3) is 0.636. The predicted octanol–water partition coefficient (Wildman–Crippen LogP) is 0.815. The van der Waals surface area contributed by atoms with Crippen LogP contribution in [0.3, 0.4) is 0 Å². The summed E-state index contributed by atoms with van der Waals surface area (Å²) < 4.78 is 5.10. The Hall–Kier alpha value is -1.36. The minimum absolute atomic E-state index is 0.611. The molecule has 1 unspecified atom stereocenters. The molecule has 0 radical (unpaired) electrons. The molecule has 2 heterocycles. The minimum Gasteiger partial charge on any atom is -0.481 e. The van der Waals surface area contributed by atoms with Gasteiger partial charge < -0.3 is 15.4 Å². The van der Waals surface area contributed by atoms with Crippen molar-refractivity contribution in [2.45, 2.75) is 13.3 Å². The van der Waals surface area contributed by atoms with E-state index in [1.54, 1.807) is 7.11 Å². The highest BCUT2D eigenvalue weighted by Gasteiger charge is 2.14. The maximum atomic E-state index is 5.10. The van der Waals surface area contributed by atoms with Gasteiger partial charge in [0.2, 0.25) is 5.88 Å². The lowest BCUT2D eigenvalue weighted by Gasteiger charge is -2.11. The Kier molecular flexibility index (Phi) is 3.56. The summed E-state index contributed by atoms with van der Waals surface area (Å²) in [6, 6.07) is 1.83. The highest BCUT2D eigenvalue weighted by molar-refractivity contribution is 5.38. The van der Waals surface area contributed by atoms with Crippen molar-refractivity contribution in [3.05, 3.63) is 11.9 Å². The summed E-state index contributed by atoms with van der Waals surface area (Å²) in [5.41, 5.74) is 0. The van der Waals surface area contributed by atoms with Crippen molar-refractivity contribution in [2.75, 3.05) is 32.1 Å². The van der Waals surface area contributed by atoms with Crippen molar-refractivity contribution in [3.8, 4) is 5.88 Å². The van der Waals surface area contributed by atoms with Crippen LogP contribution in [0, 0.1) is 12.8 Å². The van der Waals surface area contributed by atoms with Gasteiger partial charge >= 0.3 is 0 Å². The van der Waals surface area contributed by atoms with Crippen molar-refractivity contribution >= 4 is 5.82 Å². The van der Waals surface area contributed by atoms with Gasteiger partial charge in [-0.25, -0.2) is 4.98 Å². The molecule has 0 aliphatic carbocycles. The summed E-state index contributed by atoms with van der Waals surface area (Å²) in [5.74, 6) is 2.88. The monoisotopic (exact) mass is 222 g/mol. The van der Waals surface area contributed by atoms with Crippen LogP contribution in [0.25, 0.3) is 0 Å². The molecule has 0 bridgehead atoms. The van der Waals surface area contributed by atoms with E-state index in [1.807, 2.05) is 13.0 Å². The van der Waals surface area contributed by atoms with Crippen molar-refractivity contribution in [1.82, 2.24) is 15.3 Å². The zero-order valence-corrected chi connectivity index (χ0v) is 9.79. The first-order valence-corrected chi connectivity index (χ1v) is 5.62. The molecule has 1 atom stereocenters. The molecule has 2 N–H and O–H groups in total. The van der Waals surface area contributed by atoms with Crippen LogP contribution >= 0.6 is 0 Å². The van der Waals surface area contributed by atoms with E-state index in [2.05, 4.69) is 20.6 Å². The van der Waals surface area contributed by atoms with Crippen LogP contribution < -0.4 is 15.4 Å². The normalized spacial score (nSPS) is 19.8. The van der Waals surface area contributed by atoms with E-state index in [0.29, 0.717) is 11.8 Å². The molecule has 0 amide bonds. The third-order valence-electron chi connectivity index (χ3n) is 2.76.